The fraction of sp³-hybridized carbons (Fsp3) is 0.941. The molecule has 2 fully saturated rings. The second-order valence-electron chi connectivity index (χ2n) is 6.77. The van der Waals surface area contributed by atoms with Gasteiger partial charge in [-0.3, -0.25) is 4.79 Å². The molecule has 20 heavy (non-hydrogen) atoms. The van der Waals surface area contributed by atoms with Crippen molar-refractivity contribution in [2.24, 2.45) is 11.1 Å². The molecule has 2 saturated carbocycles. The average molecular weight is 280 g/mol. The molecule has 0 spiro atoms. The summed E-state index contributed by atoms with van der Waals surface area (Å²) in [6, 6.07) is 0.492. The lowest BCUT2D eigenvalue weighted by molar-refractivity contribution is -0.145. The van der Waals surface area contributed by atoms with E-state index in [0.29, 0.717) is 18.5 Å². The van der Waals surface area contributed by atoms with Gasteiger partial charge in [-0.15, -0.1) is 0 Å². The van der Waals surface area contributed by atoms with Crippen LogP contribution in [0.25, 0.3) is 0 Å². The number of rotatable bonds is 6. The third-order valence-electron chi connectivity index (χ3n) is 5.57. The van der Waals surface area contributed by atoms with Gasteiger partial charge in [-0.25, -0.2) is 0 Å². The summed E-state index contributed by atoms with van der Waals surface area (Å²) in [6.07, 6.45) is 13.0. The quantitative estimate of drug-likeness (QED) is 0.810. The largest absolute Gasteiger partial charge is 0.339 e. The van der Waals surface area contributed by atoms with Crippen molar-refractivity contribution in [2.45, 2.75) is 83.6 Å². The maximum Gasteiger partial charge on any atom is 0.229 e. The van der Waals surface area contributed by atoms with Crippen LogP contribution in [0, 0.1) is 5.41 Å². The number of hydrogen-bond acceptors (Lipinski definition) is 2. The van der Waals surface area contributed by atoms with E-state index in [1.807, 2.05) is 0 Å². The minimum absolute atomic E-state index is 0.0357. The van der Waals surface area contributed by atoms with E-state index in [1.54, 1.807) is 0 Å². The molecular formula is C17H32N2O. The Morgan fingerprint density at radius 1 is 1.15 bits per heavy atom. The van der Waals surface area contributed by atoms with E-state index in [0.717, 1.165) is 32.2 Å². The normalized spacial score (nSPS) is 22.9. The van der Waals surface area contributed by atoms with Gasteiger partial charge in [0.25, 0.3) is 0 Å². The van der Waals surface area contributed by atoms with Crippen molar-refractivity contribution in [3.63, 3.8) is 0 Å². The Kier molecular flexibility index (Phi) is 5.88. The van der Waals surface area contributed by atoms with Gasteiger partial charge in [0.05, 0.1) is 0 Å². The van der Waals surface area contributed by atoms with E-state index in [4.69, 9.17) is 5.73 Å². The van der Waals surface area contributed by atoms with Crippen molar-refractivity contribution < 1.29 is 4.79 Å². The van der Waals surface area contributed by atoms with E-state index in [2.05, 4.69) is 11.8 Å². The zero-order chi connectivity index (χ0) is 14.4. The molecule has 3 heteroatoms. The van der Waals surface area contributed by atoms with Gasteiger partial charge in [-0.05, 0) is 45.1 Å². The summed E-state index contributed by atoms with van der Waals surface area (Å²) >= 11 is 0. The van der Waals surface area contributed by atoms with Crippen LogP contribution in [0.5, 0.6) is 0 Å². The van der Waals surface area contributed by atoms with E-state index in [1.165, 1.54) is 44.9 Å². The molecule has 0 saturated heterocycles. The molecule has 0 unspecified atom stereocenters. The van der Waals surface area contributed by atoms with Crippen molar-refractivity contribution in [1.29, 1.82) is 0 Å². The molecule has 0 aromatic rings. The Balaban J connectivity index is 2.09. The summed E-state index contributed by atoms with van der Waals surface area (Å²) in [6.45, 7) is 3.77. The van der Waals surface area contributed by atoms with Crippen LogP contribution in [0.4, 0.5) is 0 Å². The highest BCUT2D eigenvalue weighted by Gasteiger charge is 2.43. The van der Waals surface area contributed by atoms with E-state index in [9.17, 15) is 4.79 Å². The van der Waals surface area contributed by atoms with Gasteiger partial charge in [-0.1, -0.05) is 39.0 Å². The third kappa shape index (κ3) is 3.36. The number of amides is 1. The molecule has 2 aliphatic rings. The van der Waals surface area contributed by atoms with Crippen LogP contribution >= 0.6 is 0 Å². The summed E-state index contributed by atoms with van der Waals surface area (Å²) in [5.41, 5.74) is 5.65. The maximum absolute atomic E-state index is 13.2. The van der Waals surface area contributed by atoms with Crippen LogP contribution in [0.3, 0.4) is 0 Å². The number of carbonyl (C=O) groups excluding carboxylic acids is 1. The zero-order valence-corrected chi connectivity index (χ0v) is 13.2. The van der Waals surface area contributed by atoms with Gasteiger partial charge >= 0.3 is 0 Å². The van der Waals surface area contributed by atoms with E-state index in [-0.39, 0.29) is 5.41 Å². The highest BCUT2D eigenvalue weighted by molar-refractivity contribution is 5.83. The molecule has 0 bridgehead atoms. The second-order valence-corrected chi connectivity index (χ2v) is 6.77. The molecule has 0 radical (unpaired) electrons. The lowest BCUT2D eigenvalue weighted by Gasteiger charge is -2.40. The molecule has 0 atom stereocenters. The highest BCUT2D eigenvalue weighted by atomic mass is 16.2. The number of nitrogens with two attached hydrogens (primary N) is 1. The first-order valence-corrected chi connectivity index (χ1v) is 8.74. The predicted molar refractivity (Wildman–Crippen MR) is 83.4 cm³/mol. The van der Waals surface area contributed by atoms with Crippen molar-refractivity contribution in [3.05, 3.63) is 0 Å². The average Bonchev–Trinajstić information content (AvgIpc) is 2.98. The van der Waals surface area contributed by atoms with Crippen LogP contribution in [0.15, 0.2) is 0 Å². The maximum atomic E-state index is 13.2. The van der Waals surface area contributed by atoms with Gasteiger partial charge in [0, 0.05) is 18.0 Å². The van der Waals surface area contributed by atoms with E-state index < -0.39 is 0 Å². The van der Waals surface area contributed by atoms with Crippen molar-refractivity contribution >= 4 is 5.91 Å². The first-order valence-electron chi connectivity index (χ1n) is 8.74. The fourth-order valence-corrected chi connectivity index (χ4v) is 4.18. The lowest BCUT2D eigenvalue weighted by atomic mass is 9.80. The van der Waals surface area contributed by atoms with Crippen LogP contribution < -0.4 is 5.73 Å². The molecular weight excluding hydrogens is 248 g/mol. The summed E-state index contributed by atoms with van der Waals surface area (Å²) in [4.78, 5) is 15.4. The Hall–Kier alpha value is -0.570. The van der Waals surface area contributed by atoms with Crippen LogP contribution in [0.2, 0.25) is 0 Å². The number of nitrogens with zero attached hydrogens (tertiary/aromatic N) is 1. The molecule has 0 aromatic carbocycles. The lowest BCUT2D eigenvalue weighted by Crippen LogP contribution is -2.49. The molecule has 0 heterocycles. The predicted octanol–water partition coefficient (Wildman–Crippen LogP) is 3.47. The molecule has 116 valence electrons. The van der Waals surface area contributed by atoms with Crippen LogP contribution in [-0.4, -0.2) is 29.9 Å². The van der Waals surface area contributed by atoms with E-state index >= 15 is 0 Å². The number of hydrogen-bond donors (Lipinski definition) is 1. The Morgan fingerprint density at radius 2 is 1.80 bits per heavy atom. The number of carbonyl (C=O) groups is 1. The second kappa shape index (κ2) is 7.44. The minimum atomic E-state index is -0.0357. The topological polar surface area (TPSA) is 46.3 Å². The van der Waals surface area contributed by atoms with Gasteiger partial charge < -0.3 is 10.6 Å². The standard InChI is InChI=1S/C17H32N2O/c1-2-17(11-6-7-12-17)16(20)19(14-8-13-18)15-9-4-3-5-10-15/h15H,2-14,18H2,1H3. The Labute approximate surface area is 124 Å². The Bertz CT molecular complexity index is 304. The van der Waals surface area contributed by atoms with Crippen molar-refractivity contribution in [3.8, 4) is 0 Å². The summed E-state index contributed by atoms with van der Waals surface area (Å²) in [5.74, 6) is 0.456. The Morgan fingerprint density at radius 3 is 2.35 bits per heavy atom. The third-order valence-corrected chi connectivity index (χ3v) is 5.57. The van der Waals surface area contributed by atoms with Crippen LogP contribution in [-0.2, 0) is 4.79 Å². The molecule has 2 N–H and O–H groups in total. The molecule has 0 aliphatic heterocycles. The van der Waals surface area contributed by atoms with Gasteiger partial charge in [0.2, 0.25) is 5.91 Å². The molecule has 0 aromatic heterocycles. The minimum Gasteiger partial charge on any atom is -0.339 e. The highest BCUT2D eigenvalue weighted by Crippen LogP contribution is 2.43. The molecule has 2 rings (SSSR count). The monoisotopic (exact) mass is 280 g/mol. The summed E-state index contributed by atoms with van der Waals surface area (Å²) in [5, 5.41) is 0. The first kappa shape index (κ1) is 15.8. The van der Waals surface area contributed by atoms with Gasteiger partial charge in [0.15, 0.2) is 0 Å². The zero-order valence-electron chi connectivity index (χ0n) is 13.2. The molecule has 1 amide bonds. The van der Waals surface area contributed by atoms with Crippen molar-refractivity contribution in [1.82, 2.24) is 4.90 Å². The van der Waals surface area contributed by atoms with Gasteiger partial charge in [-0.2, -0.15) is 0 Å². The molecule has 2 aliphatic carbocycles. The fourth-order valence-electron chi connectivity index (χ4n) is 4.18. The SMILES string of the molecule is CCC1(C(=O)N(CCCN)C2CCCCC2)CCCC1. The van der Waals surface area contributed by atoms with Gasteiger partial charge in [0.1, 0.15) is 0 Å². The molecule has 3 nitrogen and oxygen atoms in total. The van der Waals surface area contributed by atoms with Crippen molar-refractivity contribution in [2.75, 3.05) is 13.1 Å². The van der Waals surface area contributed by atoms with Crippen LogP contribution in [0.1, 0.15) is 77.6 Å². The first-order chi connectivity index (χ1) is 9.73. The summed E-state index contributed by atoms with van der Waals surface area (Å²) < 4.78 is 0. The smallest absolute Gasteiger partial charge is 0.229 e. The summed E-state index contributed by atoms with van der Waals surface area (Å²) in [7, 11) is 0.